The first-order valence-corrected chi connectivity index (χ1v) is 8.28. The molecule has 1 N–H and O–H groups in total. The lowest BCUT2D eigenvalue weighted by molar-refractivity contribution is 0.306. The van der Waals surface area contributed by atoms with Crippen LogP contribution in [0.25, 0.3) is 11.1 Å². The maximum Gasteiger partial charge on any atom is 0.316 e. The molecule has 0 saturated carbocycles. The largest absolute Gasteiger partial charge is 0.489 e. The number of aromatic nitrogens is 1. The molecule has 5 nitrogen and oxygen atoms in total. The van der Waals surface area contributed by atoms with Crippen molar-refractivity contribution in [2.75, 3.05) is 5.43 Å². The molecule has 0 aliphatic rings. The van der Waals surface area contributed by atoms with Crippen LogP contribution in [0.2, 0.25) is 0 Å². The average molecular weight is 343 g/mol. The number of anilines is 1. The summed E-state index contributed by atoms with van der Waals surface area (Å²) in [5.41, 5.74) is 6.37. The Balaban J connectivity index is 1.39. The van der Waals surface area contributed by atoms with E-state index in [9.17, 15) is 0 Å². The molecular weight excluding hydrogens is 326 g/mol. The number of oxazole rings is 1. The summed E-state index contributed by atoms with van der Waals surface area (Å²) in [6, 6.07) is 25.7. The highest BCUT2D eigenvalue weighted by molar-refractivity contribution is 5.81. The predicted octanol–water partition coefficient (Wildman–Crippen LogP) is 4.85. The monoisotopic (exact) mass is 343 g/mol. The van der Waals surface area contributed by atoms with E-state index in [1.54, 1.807) is 6.21 Å². The molecule has 0 bridgehead atoms. The van der Waals surface area contributed by atoms with Crippen molar-refractivity contribution in [3.05, 3.63) is 90.0 Å². The SMILES string of the molecule is C(=N\Nc1nc2ccccc2o1)/c1cccc(OCc2ccccc2)c1. The molecule has 1 heterocycles. The zero-order valence-electron chi connectivity index (χ0n) is 14.0. The lowest BCUT2D eigenvalue weighted by Gasteiger charge is -2.06. The van der Waals surface area contributed by atoms with Gasteiger partial charge < -0.3 is 9.15 Å². The Morgan fingerprint density at radius 1 is 0.962 bits per heavy atom. The summed E-state index contributed by atoms with van der Waals surface area (Å²) in [6.07, 6.45) is 1.70. The Hall–Kier alpha value is -3.60. The van der Waals surface area contributed by atoms with Gasteiger partial charge in [-0.1, -0.05) is 54.6 Å². The number of fused-ring (bicyclic) bond motifs is 1. The quantitative estimate of drug-likeness (QED) is 0.401. The maximum atomic E-state index is 5.82. The van der Waals surface area contributed by atoms with Crippen LogP contribution in [-0.2, 0) is 6.61 Å². The number of hydrogen-bond donors (Lipinski definition) is 1. The number of para-hydroxylation sites is 2. The molecule has 1 aromatic heterocycles. The van der Waals surface area contributed by atoms with Crippen LogP contribution in [0.4, 0.5) is 6.01 Å². The number of hydrogen-bond acceptors (Lipinski definition) is 5. The summed E-state index contributed by atoms with van der Waals surface area (Å²) in [7, 11) is 0. The normalized spacial score (nSPS) is 11.1. The molecule has 26 heavy (non-hydrogen) atoms. The molecule has 5 heteroatoms. The van der Waals surface area contributed by atoms with E-state index in [0.717, 1.165) is 28.0 Å². The third kappa shape index (κ3) is 3.89. The molecule has 4 aromatic rings. The van der Waals surface area contributed by atoms with E-state index in [4.69, 9.17) is 9.15 Å². The Kier molecular flexibility index (Phi) is 4.60. The standard InChI is InChI=1S/C21H17N3O2/c1-2-7-16(8-3-1)15-25-18-10-6-9-17(13-18)14-22-24-21-23-19-11-4-5-12-20(19)26-21/h1-14H,15H2,(H,23,24)/b22-14+. The zero-order valence-corrected chi connectivity index (χ0v) is 14.0. The fourth-order valence-electron chi connectivity index (χ4n) is 2.51. The minimum absolute atomic E-state index is 0.360. The van der Waals surface area contributed by atoms with Gasteiger partial charge >= 0.3 is 6.01 Å². The summed E-state index contributed by atoms with van der Waals surface area (Å²) < 4.78 is 11.4. The van der Waals surface area contributed by atoms with E-state index in [1.165, 1.54) is 0 Å². The number of ether oxygens (including phenoxy) is 1. The van der Waals surface area contributed by atoms with Crippen LogP contribution in [0.15, 0.2) is 88.4 Å². The Morgan fingerprint density at radius 3 is 2.69 bits per heavy atom. The van der Waals surface area contributed by atoms with Gasteiger partial charge in [0.2, 0.25) is 0 Å². The molecule has 4 rings (SSSR count). The second-order valence-electron chi connectivity index (χ2n) is 5.70. The summed E-state index contributed by atoms with van der Waals surface area (Å²) in [5.74, 6) is 0.791. The number of nitrogens with zero attached hydrogens (tertiary/aromatic N) is 2. The topological polar surface area (TPSA) is 59.7 Å². The average Bonchev–Trinajstić information content (AvgIpc) is 3.10. The first-order valence-electron chi connectivity index (χ1n) is 8.28. The van der Waals surface area contributed by atoms with Gasteiger partial charge in [0.15, 0.2) is 5.58 Å². The van der Waals surface area contributed by atoms with Crippen LogP contribution in [0.5, 0.6) is 5.75 Å². The van der Waals surface area contributed by atoms with E-state index in [0.29, 0.717) is 12.6 Å². The van der Waals surface area contributed by atoms with E-state index < -0.39 is 0 Å². The minimum atomic E-state index is 0.360. The fourth-order valence-corrected chi connectivity index (χ4v) is 2.51. The lowest BCUT2D eigenvalue weighted by Crippen LogP contribution is -1.96. The molecule has 0 atom stereocenters. The van der Waals surface area contributed by atoms with E-state index in [1.807, 2.05) is 78.9 Å². The van der Waals surface area contributed by atoms with Crippen LogP contribution in [0.3, 0.4) is 0 Å². The van der Waals surface area contributed by atoms with Crippen LogP contribution in [0, 0.1) is 0 Å². The van der Waals surface area contributed by atoms with E-state index in [2.05, 4.69) is 15.5 Å². The van der Waals surface area contributed by atoms with Gasteiger partial charge in [0.05, 0.1) is 6.21 Å². The summed E-state index contributed by atoms with van der Waals surface area (Å²) in [5, 5.41) is 4.18. The highest BCUT2D eigenvalue weighted by Gasteiger charge is 2.02. The third-order valence-corrected chi connectivity index (χ3v) is 3.77. The van der Waals surface area contributed by atoms with Crippen molar-refractivity contribution < 1.29 is 9.15 Å². The molecule has 128 valence electrons. The van der Waals surface area contributed by atoms with Gasteiger partial charge in [-0.25, -0.2) is 5.43 Å². The molecular formula is C21H17N3O2. The van der Waals surface area contributed by atoms with Crippen LogP contribution >= 0.6 is 0 Å². The fraction of sp³-hybridized carbons (Fsp3) is 0.0476. The van der Waals surface area contributed by atoms with Crippen molar-refractivity contribution in [2.24, 2.45) is 5.10 Å². The number of nitrogens with one attached hydrogen (secondary N) is 1. The second kappa shape index (κ2) is 7.53. The van der Waals surface area contributed by atoms with Crippen LogP contribution in [-0.4, -0.2) is 11.2 Å². The van der Waals surface area contributed by atoms with Gasteiger partial charge in [-0.05, 0) is 35.4 Å². The van der Waals surface area contributed by atoms with Gasteiger partial charge in [0, 0.05) is 0 Å². The molecule has 0 radical (unpaired) electrons. The van der Waals surface area contributed by atoms with Gasteiger partial charge in [-0.3, -0.25) is 0 Å². The smallest absolute Gasteiger partial charge is 0.316 e. The van der Waals surface area contributed by atoms with Crippen LogP contribution < -0.4 is 10.2 Å². The van der Waals surface area contributed by atoms with E-state index in [-0.39, 0.29) is 0 Å². The van der Waals surface area contributed by atoms with Crippen molar-refractivity contribution >= 4 is 23.3 Å². The molecule has 0 aliphatic carbocycles. The van der Waals surface area contributed by atoms with Crippen molar-refractivity contribution in [3.8, 4) is 5.75 Å². The van der Waals surface area contributed by atoms with Crippen molar-refractivity contribution in [3.63, 3.8) is 0 Å². The van der Waals surface area contributed by atoms with Crippen LogP contribution in [0.1, 0.15) is 11.1 Å². The van der Waals surface area contributed by atoms with Crippen molar-refractivity contribution in [1.82, 2.24) is 4.98 Å². The Bertz CT molecular complexity index is 993. The number of hydrazone groups is 1. The summed E-state index contributed by atoms with van der Waals surface area (Å²) >= 11 is 0. The summed E-state index contributed by atoms with van der Waals surface area (Å²) in [6.45, 7) is 0.530. The van der Waals surface area contributed by atoms with Gasteiger partial charge in [-0.2, -0.15) is 10.1 Å². The Morgan fingerprint density at radius 2 is 1.81 bits per heavy atom. The van der Waals surface area contributed by atoms with Crippen molar-refractivity contribution in [1.29, 1.82) is 0 Å². The minimum Gasteiger partial charge on any atom is -0.489 e. The highest BCUT2D eigenvalue weighted by atomic mass is 16.5. The molecule has 0 aliphatic heterocycles. The third-order valence-electron chi connectivity index (χ3n) is 3.77. The lowest BCUT2D eigenvalue weighted by atomic mass is 10.2. The molecule has 0 amide bonds. The molecule has 3 aromatic carbocycles. The second-order valence-corrected chi connectivity index (χ2v) is 5.70. The highest BCUT2D eigenvalue weighted by Crippen LogP contribution is 2.18. The first-order chi connectivity index (χ1) is 12.9. The molecule has 0 unspecified atom stereocenters. The molecule has 0 spiro atoms. The van der Waals surface area contributed by atoms with Crippen molar-refractivity contribution in [2.45, 2.75) is 6.61 Å². The Labute approximate surface area is 150 Å². The van der Waals surface area contributed by atoms with Gasteiger partial charge in [0.25, 0.3) is 0 Å². The number of benzene rings is 3. The predicted molar refractivity (Wildman–Crippen MR) is 102 cm³/mol. The van der Waals surface area contributed by atoms with Gasteiger partial charge in [-0.15, -0.1) is 0 Å². The van der Waals surface area contributed by atoms with E-state index >= 15 is 0 Å². The zero-order chi connectivity index (χ0) is 17.6. The molecule has 0 fully saturated rings. The maximum absolute atomic E-state index is 5.82. The molecule has 0 saturated heterocycles. The first kappa shape index (κ1) is 15.9. The number of rotatable bonds is 6. The summed E-state index contributed by atoms with van der Waals surface area (Å²) in [4.78, 5) is 4.31. The van der Waals surface area contributed by atoms with Gasteiger partial charge in [0.1, 0.15) is 17.9 Å².